The summed E-state index contributed by atoms with van der Waals surface area (Å²) in [4.78, 5) is 15.3. The number of nitrogens with zero attached hydrogens (tertiary/aromatic N) is 5. The summed E-state index contributed by atoms with van der Waals surface area (Å²) >= 11 is 7.68. The number of nitrogens with two attached hydrogens (primary N) is 2. The van der Waals surface area contributed by atoms with Crippen LogP contribution < -0.4 is 21.5 Å². The molecule has 10 nitrogen and oxygen atoms in total. The highest BCUT2D eigenvalue weighted by Crippen LogP contribution is 2.45. The predicted octanol–water partition coefficient (Wildman–Crippen LogP) is 5.80. The highest BCUT2D eigenvalue weighted by Gasteiger charge is 2.33. The van der Waals surface area contributed by atoms with Gasteiger partial charge in [-0.15, -0.1) is 11.3 Å². The summed E-state index contributed by atoms with van der Waals surface area (Å²) in [5.74, 6) is -0.750. The minimum Gasteiger partial charge on any atom is -0.456 e. The number of hydrogen-bond donors (Lipinski definition) is 3. The second-order valence-electron chi connectivity index (χ2n) is 11.0. The molecule has 4 heterocycles. The first-order valence-corrected chi connectivity index (χ1v) is 15.2. The normalized spacial score (nSPS) is 17.2. The molecule has 0 amide bonds. The lowest BCUT2D eigenvalue weighted by Gasteiger charge is -2.24. The Morgan fingerprint density at radius 1 is 1.24 bits per heavy atom. The third-order valence-electron chi connectivity index (χ3n) is 7.96. The van der Waals surface area contributed by atoms with Crippen LogP contribution in [0.2, 0.25) is 5.02 Å². The smallest absolute Gasteiger partial charge is 0.319 e. The van der Waals surface area contributed by atoms with Crippen LogP contribution in [0.1, 0.15) is 24.0 Å². The molecule has 0 saturated carbocycles. The van der Waals surface area contributed by atoms with E-state index in [1.165, 1.54) is 12.1 Å². The van der Waals surface area contributed by atoms with Crippen molar-refractivity contribution in [2.75, 3.05) is 50.6 Å². The van der Waals surface area contributed by atoms with Gasteiger partial charge in [0.1, 0.15) is 40.1 Å². The number of aromatic nitrogens is 3. The third-order valence-corrected chi connectivity index (χ3v) is 9.28. The first kappa shape index (κ1) is 30.7. The molecule has 6 rings (SSSR count). The number of halogens is 3. The highest BCUT2D eigenvalue weighted by atomic mass is 35.5. The number of anilines is 3. The number of pyridine rings is 1. The fourth-order valence-corrected chi connectivity index (χ4v) is 6.82. The maximum absolute atomic E-state index is 16.8. The van der Waals surface area contributed by atoms with E-state index in [4.69, 9.17) is 32.5 Å². The average Bonchev–Trinajstić information content (AvgIpc) is 3.61. The van der Waals surface area contributed by atoms with Crippen molar-refractivity contribution < 1.29 is 18.3 Å². The van der Waals surface area contributed by atoms with Crippen LogP contribution in [0.3, 0.4) is 0 Å². The molecular formula is C31H29ClF2N8O2S. The molecule has 232 valence electrons. The van der Waals surface area contributed by atoms with Crippen molar-refractivity contribution in [3.8, 4) is 23.2 Å². The van der Waals surface area contributed by atoms with Crippen molar-refractivity contribution in [1.82, 2.24) is 19.9 Å². The lowest BCUT2D eigenvalue weighted by Crippen LogP contribution is -2.41. The Labute approximate surface area is 266 Å². The Bertz CT molecular complexity index is 1980. The van der Waals surface area contributed by atoms with Crippen molar-refractivity contribution in [2.45, 2.75) is 25.0 Å². The molecule has 0 unspecified atom stereocenters. The van der Waals surface area contributed by atoms with Crippen molar-refractivity contribution >= 4 is 60.6 Å². The van der Waals surface area contributed by atoms with E-state index in [1.807, 2.05) is 38.1 Å². The molecule has 0 bridgehead atoms. The summed E-state index contributed by atoms with van der Waals surface area (Å²) in [5.41, 5.74) is 13.1. The van der Waals surface area contributed by atoms with E-state index in [0.29, 0.717) is 36.8 Å². The highest BCUT2D eigenvalue weighted by molar-refractivity contribution is 7.23. The molecule has 3 aromatic heterocycles. The van der Waals surface area contributed by atoms with E-state index in [9.17, 15) is 9.65 Å². The minimum absolute atomic E-state index is 0.0169. The fraction of sp³-hybridized carbons (Fsp3) is 0.290. The Kier molecular flexibility index (Phi) is 8.32. The van der Waals surface area contributed by atoms with Crippen LogP contribution in [-0.4, -0.2) is 65.9 Å². The van der Waals surface area contributed by atoms with Gasteiger partial charge in [0.05, 0.1) is 34.5 Å². The summed E-state index contributed by atoms with van der Waals surface area (Å²) < 4.78 is 43.5. The number of fused-ring (bicyclic) bond motifs is 2. The number of nitrogen functional groups attached to an aromatic ring is 2. The van der Waals surface area contributed by atoms with E-state index in [-0.39, 0.29) is 60.3 Å². The summed E-state index contributed by atoms with van der Waals surface area (Å²) in [6, 6.07) is 9.71. The zero-order valence-electron chi connectivity index (χ0n) is 24.6. The van der Waals surface area contributed by atoms with Gasteiger partial charge in [0.25, 0.3) is 0 Å². The van der Waals surface area contributed by atoms with Gasteiger partial charge in [-0.1, -0.05) is 30.7 Å². The maximum atomic E-state index is 16.8. The Morgan fingerprint density at radius 3 is 2.78 bits per heavy atom. The molecule has 1 aliphatic heterocycles. The number of hydrogen-bond acceptors (Lipinski definition) is 11. The van der Waals surface area contributed by atoms with Crippen molar-refractivity contribution in [2.24, 2.45) is 0 Å². The van der Waals surface area contributed by atoms with E-state index in [0.717, 1.165) is 16.9 Å². The van der Waals surface area contributed by atoms with Gasteiger partial charge < -0.3 is 31.2 Å². The van der Waals surface area contributed by atoms with Crippen LogP contribution in [0.5, 0.6) is 6.01 Å². The maximum Gasteiger partial charge on any atom is 0.319 e. The first-order chi connectivity index (χ1) is 21.6. The molecule has 0 radical (unpaired) electrons. The monoisotopic (exact) mass is 650 g/mol. The molecule has 3 atom stereocenters. The fourth-order valence-electron chi connectivity index (χ4n) is 5.58. The number of thiophene rings is 1. The number of benzene rings is 2. The van der Waals surface area contributed by atoms with E-state index in [2.05, 4.69) is 20.3 Å². The van der Waals surface area contributed by atoms with Gasteiger partial charge in [-0.2, -0.15) is 15.2 Å². The summed E-state index contributed by atoms with van der Waals surface area (Å²) in [5, 5.41) is 13.7. The molecule has 1 aliphatic rings. The Hall–Kier alpha value is -4.35. The molecule has 0 spiro atoms. The number of rotatable bonds is 8. The molecule has 5 N–H and O–H groups in total. The quantitative estimate of drug-likeness (QED) is 0.188. The lowest BCUT2D eigenvalue weighted by molar-refractivity contribution is 0.117. The second-order valence-corrected chi connectivity index (χ2v) is 12.5. The summed E-state index contributed by atoms with van der Waals surface area (Å²) in [6.45, 7) is 3.11. The third kappa shape index (κ3) is 5.55. The number of nitrogens with one attached hydrogen (secondary N) is 1. The summed E-state index contributed by atoms with van der Waals surface area (Å²) in [6.07, 6.45) is 1.22. The standard InChI is InChI=1S/C31H29ClF2N8O2S/c1-14(15-5-4-8-38-28(15)36)11-39-30-17-9-19(32)24(16-6-7-20(33)27-23(16)18(10-35)29(37)45-27)25(34)26(17)40-31(41-30)44-22-13-43-12-21(22)42(2)3/h4-9,14,21-22H,11-13,37H2,1-3H3,(H2,36,38)(H,39,40,41)/t14-,21+,22+/m0/s1. The molecule has 45 heavy (non-hydrogen) atoms. The minimum atomic E-state index is -0.786. The van der Waals surface area contributed by atoms with Crippen molar-refractivity contribution in [3.63, 3.8) is 0 Å². The van der Waals surface area contributed by atoms with Crippen molar-refractivity contribution in [3.05, 3.63) is 64.3 Å². The molecule has 2 aromatic carbocycles. The van der Waals surface area contributed by atoms with Crippen LogP contribution >= 0.6 is 22.9 Å². The van der Waals surface area contributed by atoms with Gasteiger partial charge in [-0.3, -0.25) is 0 Å². The molecular weight excluding hydrogens is 622 g/mol. The lowest BCUT2D eigenvalue weighted by atomic mass is 9.97. The van der Waals surface area contributed by atoms with Crippen LogP contribution in [0, 0.1) is 23.0 Å². The average molecular weight is 651 g/mol. The SMILES string of the molecule is C[C@@H](CNc1nc(O[C@@H]2COC[C@H]2N(C)C)nc2c(F)c(-c3ccc(F)c4sc(N)c(C#N)c34)c(Cl)cc12)c1cccnc1N. The second kappa shape index (κ2) is 12.2. The van der Waals surface area contributed by atoms with Gasteiger partial charge in [0.15, 0.2) is 5.82 Å². The summed E-state index contributed by atoms with van der Waals surface area (Å²) in [7, 11) is 3.83. The van der Waals surface area contributed by atoms with Gasteiger partial charge in [0.2, 0.25) is 0 Å². The Balaban J connectivity index is 1.50. The molecule has 1 saturated heterocycles. The largest absolute Gasteiger partial charge is 0.456 e. The number of ether oxygens (including phenoxy) is 2. The van der Waals surface area contributed by atoms with E-state index < -0.39 is 17.7 Å². The topological polar surface area (TPSA) is 148 Å². The van der Waals surface area contributed by atoms with Crippen LogP contribution in [-0.2, 0) is 4.74 Å². The number of nitriles is 1. The molecule has 5 aromatic rings. The van der Waals surface area contributed by atoms with Crippen molar-refractivity contribution in [1.29, 1.82) is 5.26 Å². The van der Waals surface area contributed by atoms with Gasteiger partial charge in [-0.25, -0.2) is 13.8 Å². The van der Waals surface area contributed by atoms with Crippen LogP contribution in [0.15, 0.2) is 36.5 Å². The number of likely N-dealkylation sites (N-methyl/N-ethyl adjacent to an activating group) is 1. The Morgan fingerprint density at radius 2 is 2.04 bits per heavy atom. The zero-order valence-corrected chi connectivity index (χ0v) is 26.1. The van der Waals surface area contributed by atoms with Crippen LogP contribution in [0.4, 0.5) is 25.4 Å². The van der Waals surface area contributed by atoms with E-state index in [1.54, 1.807) is 18.3 Å². The molecule has 1 fully saturated rings. The molecule has 0 aliphatic carbocycles. The van der Waals surface area contributed by atoms with Crippen LogP contribution in [0.25, 0.3) is 32.1 Å². The van der Waals surface area contributed by atoms with Gasteiger partial charge >= 0.3 is 6.01 Å². The predicted molar refractivity (Wildman–Crippen MR) is 173 cm³/mol. The zero-order chi connectivity index (χ0) is 32.0. The first-order valence-electron chi connectivity index (χ1n) is 14.0. The van der Waals surface area contributed by atoms with Gasteiger partial charge in [-0.05, 0) is 43.4 Å². The van der Waals surface area contributed by atoms with Gasteiger partial charge in [0, 0.05) is 35.0 Å². The van der Waals surface area contributed by atoms with E-state index >= 15 is 4.39 Å². The molecule has 14 heteroatoms.